The Morgan fingerprint density at radius 2 is 1.53 bits per heavy atom. The number of aliphatic hydroxyl groups is 1. The van der Waals surface area contributed by atoms with Gasteiger partial charge in [0, 0.05) is 81.8 Å². The number of carbonyl (C=O) groups is 5. The molecular weight excluding hydrogens is 758 g/mol. The predicted molar refractivity (Wildman–Crippen MR) is 215 cm³/mol. The number of β-amino-alcohol motifs (C(OH)–C–C–N with tert-alkyl or cyclic N) is 1. The number of likely N-dealkylation sites (tertiary alicyclic amines) is 1. The third-order valence-electron chi connectivity index (χ3n) is 13.5. The lowest BCUT2D eigenvalue weighted by atomic mass is 9.76. The topological polar surface area (TPSA) is 158 Å². The number of carbonyl (C=O) groups excluding carboxylic acids is 5. The summed E-state index contributed by atoms with van der Waals surface area (Å²) in [6.07, 6.45) is 4.31. The van der Waals surface area contributed by atoms with Crippen molar-refractivity contribution in [3.63, 3.8) is 0 Å². The summed E-state index contributed by atoms with van der Waals surface area (Å²) in [6, 6.07) is 18.6. The highest BCUT2D eigenvalue weighted by atomic mass is 35.5. The van der Waals surface area contributed by atoms with Crippen LogP contribution in [0.25, 0.3) is 0 Å². The number of benzene rings is 3. The molecule has 2 atom stereocenters. The summed E-state index contributed by atoms with van der Waals surface area (Å²) in [5.74, 6) is -2.14. The minimum atomic E-state index is -1.01. The van der Waals surface area contributed by atoms with Crippen LogP contribution in [0.15, 0.2) is 54.6 Å². The smallest absolute Gasteiger partial charge is 0.262 e. The largest absolute Gasteiger partial charge is 0.388 e. The van der Waals surface area contributed by atoms with E-state index in [-0.39, 0.29) is 35.3 Å². The summed E-state index contributed by atoms with van der Waals surface area (Å²) in [5.41, 5.74) is 4.86. The first-order chi connectivity index (χ1) is 27.8. The predicted octanol–water partition coefficient (Wildman–Crippen LogP) is 4.48. The molecule has 9 rings (SSSR count). The van der Waals surface area contributed by atoms with Gasteiger partial charge in [0.1, 0.15) is 12.1 Å². The molecule has 13 nitrogen and oxygen atoms in total. The maximum absolute atomic E-state index is 13.6. The van der Waals surface area contributed by atoms with Crippen molar-refractivity contribution in [2.24, 2.45) is 5.41 Å². The fraction of sp³-hybridized carbons (Fsp3) is 0.455. The second-order valence-corrected chi connectivity index (χ2v) is 17.7. The highest BCUT2D eigenvalue weighted by molar-refractivity contribution is 6.32. The summed E-state index contributed by atoms with van der Waals surface area (Å²) >= 11 is 6.37. The average molecular weight is 804 g/mol. The summed E-state index contributed by atoms with van der Waals surface area (Å²) in [6.45, 7) is 7.38. The number of hydrogen-bond donors (Lipinski definition) is 2. The van der Waals surface area contributed by atoms with Crippen LogP contribution in [-0.4, -0.2) is 106 Å². The number of rotatable bonds is 6. The molecule has 0 radical (unpaired) electrons. The van der Waals surface area contributed by atoms with Crippen LogP contribution in [0, 0.1) is 16.7 Å². The number of piperidine rings is 3. The van der Waals surface area contributed by atoms with Crippen molar-refractivity contribution in [3.8, 4) is 6.07 Å². The molecule has 0 saturated carbocycles. The van der Waals surface area contributed by atoms with Crippen LogP contribution in [0.1, 0.15) is 99.6 Å². The first-order valence-corrected chi connectivity index (χ1v) is 20.6. The maximum Gasteiger partial charge on any atom is 0.262 e. The summed E-state index contributed by atoms with van der Waals surface area (Å²) < 4.78 is 0. The Balaban J connectivity index is 0.759. The lowest BCUT2D eigenvalue weighted by Gasteiger charge is -2.41. The molecule has 300 valence electrons. The van der Waals surface area contributed by atoms with Crippen LogP contribution in [0.2, 0.25) is 5.02 Å². The molecule has 0 aliphatic carbocycles. The van der Waals surface area contributed by atoms with Gasteiger partial charge < -0.3 is 19.8 Å². The van der Waals surface area contributed by atoms with Crippen molar-refractivity contribution in [2.45, 2.75) is 82.6 Å². The van der Waals surface area contributed by atoms with E-state index < -0.39 is 35.3 Å². The SMILES string of the molecule is CC1CC2(CCN(c3ccc(C(=O)N4CCC(O)(CN5Cc6cc7c(cc6C5)C(=O)N(C5CCC(=O)NC5=O)C7=O)CC4)cc3)CC2)CN1c1ccc(C#N)c(Cl)c1. The molecule has 2 N–H and O–H groups in total. The van der Waals surface area contributed by atoms with Gasteiger partial charge in [-0.05, 0) is 117 Å². The van der Waals surface area contributed by atoms with E-state index in [0.29, 0.717) is 67.8 Å². The molecule has 0 bridgehead atoms. The molecule has 6 aliphatic rings. The van der Waals surface area contributed by atoms with Gasteiger partial charge in [-0.3, -0.25) is 39.1 Å². The van der Waals surface area contributed by atoms with E-state index >= 15 is 0 Å². The molecule has 3 aromatic carbocycles. The van der Waals surface area contributed by atoms with Crippen LogP contribution in [0.4, 0.5) is 11.4 Å². The molecule has 3 aromatic rings. The van der Waals surface area contributed by atoms with Gasteiger partial charge in [-0.15, -0.1) is 0 Å². The Kier molecular flexibility index (Phi) is 9.57. The van der Waals surface area contributed by atoms with Crippen LogP contribution in [0.5, 0.6) is 0 Å². The molecule has 58 heavy (non-hydrogen) atoms. The quantitative estimate of drug-likeness (QED) is 0.341. The van der Waals surface area contributed by atoms with E-state index in [1.54, 1.807) is 18.2 Å². The average Bonchev–Trinajstić information content (AvgIpc) is 3.83. The zero-order valence-electron chi connectivity index (χ0n) is 32.5. The number of nitrogens with zero attached hydrogens (tertiary/aromatic N) is 6. The van der Waals surface area contributed by atoms with Crippen LogP contribution in [-0.2, 0) is 22.7 Å². The van der Waals surface area contributed by atoms with Gasteiger partial charge in [0.2, 0.25) is 11.8 Å². The second kappa shape index (κ2) is 14.5. The summed E-state index contributed by atoms with van der Waals surface area (Å²) in [4.78, 5) is 74.1. The molecule has 5 amide bonds. The highest BCUT2D eigenvalue weighted by Gasteiger charge is 2.47. The molecule has 6 aliphatic heterocycles. The molecule has 4 fully saturated rings. The Labute approximate surface area is 342 Å². The molecule has 6 heterocycles. The minimum Gasteiger partial charge on any atom is -0.388 e. The highest BCUT2D eigenvalue weighted by Crippen LogP contribution is 2.46. The van der Waals surface area contributed by atoms with E-state index in [0.717, 1.165) is 66.3 Å². The monoisotopic (exact) mass is 803 g/mol. The van der Waals surface area contributed by atoms with Crippen molar-refractivity contribution in [1.82, 2.24) is 20.0 Å². The van der Waals surface area contributed by atoms with Gasteiger partial charge in [0.15, 0.2) is 0 Å². The third kappa shape index (κ3) is 6.80. The lowest BCUT2D eigenvalue weighted by molar-refractivity contribution is -0.136. The molecule has 1 spiro atoms. The zero-order valence-corrected chi connectivity index (χ0v) is 33.3. The van der Waals surface area contributed by atoms with Gasteiger partial charge in [0.05, 0.1) is 27.3 Å². The van der Waals surface area contributed by atoms with E-state index in [9.17, 15) is 34.3 Å². The van der Waals surface area contributed by atoms with Gasteiger partial charge in [-0.25, -0.2) is 0 Å². The third-order valence-corrected chi connectivity index (χ3v) is 13.8. The first kappa shape index (κ1) is 38.2. The Morgan fingerprint density at radius 3 is 2.14 bits per heavy atom. The van der Waals surface area contributed by atoms with Crippen molar-refractivity contribution < 1.29 is 29.1 Å². The fourth-order valence-corrected chi connectivity index (χ4v) is 10.5. The summed E-state index contributed by atoms with van der Waals surface area (Å²) in [7, 11) is 0. The van der Waals surface area contributed by atoms with E-state index in [1.165, 1.54) is 0 Å². The number of fused-ring (bicyclic) bond motifs is 2. The molecule has 14 heteroatoms. The normalized spacial score (nSPS) is 24.0. The van der Waals surface area contributed by atoms with E-state index in [4.69, 9.17) is 11.6 Å². The van der Waals surface area contributed by atoms with Crippen LogP contribution >= 0.6 is 11.6 Å². The number of halogens is 1. The summed E-state index contributed by atoms with van der Waals surface area (Å²) in [5, 5.41) is 23.6. The number of imide groups is 2. The van der Waals surface area contributed by atoms with Crippen molar-refractivity contribution >= 4 is 52.5 Å². The zero-order chi connectivity index (χ0) is 40.5. The number of nitriles is 1. The lowest BCUT2D eigenvalue weighted by Crippen LogP contribution is -2.54. The van der Waals surface area contributed by atoms with E-state index in [1.807, 2.05) is 41.3 Å². The van der Waals surface area contributed by atoms with Gasteiger partial charge in [0.25, 0.3) is 17.7 Å². The van der Waals surface area contributed by atoms with Crippen molar-refractivity contribution in [2.75, 3.05) is 49.1 Å². The first-order valence-electron chi connectivity index (χ1n) is 20.3. The Morgan fingerprint density at radius 1 is 0.897 bits per heavy atom. The molecule has 0 aromatic heterocycles. The van der Waals surface area contributed by atoms with Crippen molar-refractivity contribution in [1.29, 1.82) is 5.26 Å². The van der Waals surface area contributed by atoms with E-state index in [2.05, 4.69) is 33.0 Å². The second-order valence-electron chi connectivity index (χ2n) is 17.3. The number of nitrogens with one attached hydrogen (secondary N) is 1. The fourth-order valence-electron chi connectivity index (χ4n) is 10.3. The standard InChI is InChI=1S/C44H46ClN7O6/c1-27-21-43(25-51(27)33-7-4-29(22-46)36(45)20-33)10-14-49(15-11-43)32-5-2-28(3-6-32)40(55)50-16-12-44(58,13-17-50)26-48-23-30-18-34-35(19-31(30)24-48)42(57)52(41(34)56)37-8-9-38(53)47-39(37)54/h2-7,18-20,27,37,58H,8-17,21,23-26H2,1H3,(H,47,53,54). The van der Waals surface area contributed by atoms with Gasteiger partial charge in [-0.1, -0.05) is 11.6 Å². The molecular formula is C44H46ClN7O6. The minimum absolute atomic E-state index is 0.0436. The van der Waals surface area contributed by atoms with Crippen molar-refractivity contribution in [3.05, 3.63) is 93.0 Å². The van der Waals surface area contributed by atoms with Crippen LogP contribution < -0.4 is 15.1 Å². The van der Waals surface area contributed by atoms with Gasteiger partial charge in [-0.2, -0.15) is 5.26 Å². The maximum atomic E-state index is 13.6. The molecule has 2 unspecified atom stereocenters. The van der Waals surface area contributed by atoms with Gasteiger partial charge >= 0.3 is 0 Å². The number of hydrogen-bond acceptors (Lipinski definition) is 10. The van der Waals surface area contributed by atoms with Crippen LogP contribution in [0.3, 0.4) is 0 Å². The number of amides is 5. The Hall–Kier alpha value is -5.29. The molecule has 4 saturated heterocycles. The Bertz CT molecular complexity index is 2230. The number of anilines is 2.